The van der Waals surface area contributed by atoms with Gasteiger partial charge in [-0.3, -0.25) is 9.59 Å². The molecule has 7 heteroatoms. The third-order valence-corrected chi connectivity index (χ3v) is 2.64. The molecule has 1 heterocycles. The number of carbonyl (C=O) groups is 2. The molecule has 1 aliphatic rings. The van der Waals surface area contributed by atoms with Crippen LogP contribution >= 0.6 is 0 Å². The highest BCUT2D eigenvalue weighted by Crippen LogP contribution is 2.32. The number of amides is 2. The lowest BCUT2D eigenvalue weighted by molar-refractivity contribution is -0.124. The summed E-state index contributed by atoms with van der Waals surface area (Å²) in [5.41, 5.74) is 0.484. The Morgan fingerprint density at radius 1 is 1.20 bits per heavy atom. The minimum atomic E-state index is -0.232. The summed E-state index contributed by atoms with van der Waals surface area (Å²) in [5.74, 6) is 0.744. The maximum Gasteiger partial charge on any atom is 0.251 e. The predicted molar refractivity (Wildman–Crippen MR) is 69.8 cm³/mol. The zero-order valence-corrected chi connectivity index (χ0v) is 11.1. The first-order valence-corrected chi connectivity index (χ1v) is 6.14. The maximum absolute atomic E-state index is 11.9. The van der Waals surface area contributed by atoms with Gasteiger partial charge < -0.3 is 24.8 Å². The molecule has 108 valence electrons. The third-order valence-electron chi connectivity index (χ3n) is 2.64. The Bertz CT molecular complexity index is 504. The maximum atomic E-state index is 11.9. The summed E-state index contributed by atoms with van der Waals surface area (Å²) in [6, 6.07) is 4.98. The fraction of sp³-hybridized carbons (Fsp3) is 0.385. The summed E-state index contributed by atoms with van der Waals surface area (Å²) in [4.78, 5) is 23.0. The molecule has 2 N–H and O–H groups in total. The van der Waals surface area contributed by atoms with Gasteiger partial charge in [0.1, 0.15) is 6.61 Å². The lowest BCUT2D eigenvalue weighted by Crippen LogP contribution is -2.36. The van der Waals surface area contributed by atoms with Crippen LogP contribution in [-0.4, -0.2) is 45.4 Å². The van der Waals surface area contributed by atoms with Gasteiger partial charge in [0.15, 0.2) is 11.5 Å². The second kappa shape index (κ2) is 6.76. The van der Waals surface area contributed by atoms with E-state index in [-0.39, 0.29) is 25.2 Å². The smallest absolute Gasteiger partial charge is 0.251 e. The first-order valence-electron chi connectivity index (χ1n) is 6.14. The Kier molecular flexibility index (Phi) is 4.78. The number of nitrogens with one attached hydrogen (secondary N) is 2. The van der Waals surface area contributed by atoms with E-state index in [1.165, 1.54) is 7.11 Å². The van der Waals surface area contributed by atoms with Crippen molar-refractivity contribution in [3.63, 3.8) is 0 Å². The van der Waals surface area contributed by atoms with Crippen LogP contribution in [0.25, 0.3) is 0 Å². The number of hydrogen-bond acceptors (Lipinski definition) is 5. The van der Waals surface area contributed by atoms with Crippen molar-refractivity contribution in [2.24, 2.45) is 0 Å². The van der Waals surface area contributed by atoms with Crippen molar-refractivity contribution in [1.82, 2.24) is 10.6 Å². The molecule has 2 amide bonds. The van der Waals surface area contributed by atoms with Gasteiger partial charge in [-0.15, -0.1) is 0 Å². The van der Waals surface area contributed by atoms with E-state index in [4.69, 9.17) is 9.47 Å². The molecule has 1 aromatic rings. The van der Waals surface area contributed by atoms with Crippen LogP contribution in [0.4, 0.5) is 0 Å². The van der Waals surface area contributed by atoms with Crippen LogP contribution < -0.4 is 20.1 Å². The van der Waals surface area contributed by atoms with Gasteiger partial charge in [0, 0.05) is 25.8 Å². The second-order valence-corrected chi connectivity index (χ2v) is 4.11. The number of fused-ring (bicyclic) bond motifs is 1. The molecule has 0 aromatic heterocycles. The standard InChI is InChI=1S/C13H16N2O5/c1-18-7-12(16)14-4-5-15-13(17)9-2-3-10-11(6-9)20-8-19-10/h2-3,6H,4-5,7-8H2,1H3,(H,14,16)(H,15,17). The van der Waals surface area contributed by atoms with Crippen LogP contribution in [0.2, 0.25) is 0 Å². The van der Waals surface area contributed by atoms with E-state index in [9.17, 15) is 9.59 Å². The van der Waals surface area contributed by atoms with Crippen LogP contribution in [0.15, 0.2) is 18.2 Å². The number of ether oxygens (including phenoxy) is 3. The van der Waals surface area contributed by atoms with Gasteiger partial charge in [-0.25, -0.2) is 0 Å². The average molecular weight is 280 g/mol. The van der Waals surface area contributed by atoms with Crippen LogP contribution in [0.1, 0.15) is 10.4 Å². The molecule has 7 nitrogen and oxygen atoms in total. The summed E-state index contributed by atoms with van der Waals surface area (Å²) in [6.45, 7) is 0.864. The fourth-order valence-corrected chi connectivity index (χ4v) is 1.70. The highest BCUT2D eigenvalue weighted by molar-refractivity contribution is 5.94. The largest absolute Gasteiger partial charge is 0.454 e. The summed E-state index contributed by atoms with van der Waals surface area (Å²) < 4.78 is 15.0. The van der Waals surface area contributed by atoms with E-state index in [2.05, 4.69) is 15.4 Å². The van der Waals surface area contributed by atoms with E-state index in [1.54, 1.807) is 18.2 Å². The second-order valence-electron chi connectivity index (χ2n) is 4.11. The lowest BCUT2D eigenvalue weighted by atomic mass is 10.2. The van der Waals surface area contributed by atoms with Gasteiger partial charge in [0.05, 0.1) is 0 Å². The van der Waals surface area contributed by atoms with E-state index in [0.717, 1.165) is 0 Å². The normalized spacial score (nSPS) is 12.1. The molecule has 0 fully saturated rings. The minimum absolute atomic E-state index is 0.0100. The Labute approximate surface area is 116 Å². The van der Waals surface area contributed by atoms with Gasteiger partial charge in [-0.05, 0) is 18.2 Å². The monoisotopic (exact) mass is 280 g/mol. The van der Waals surface area contributed by atoms with Gasteiger partial charge in [-0.1, -0.05) is 0 Å². The Morgan fingerprint density at radius 2 is 1.95 bits per heavy atom. The van der Waals surface area contributed by atoms with Crippen molar-refractivity contribution in [1.29, 1.82) is 0 Å². The highest BCUT2D eigenvalue weighted by atomic mass is 16.7. The summed E-state index contributed by atoms with van der Waals surface area (Å²) >= 11 is 0. The topological polar surface area (TPSA) is 85.9 Å². The summed E-state index contributed by atoms with van der Waals surface area (Å²) in [6.07, 6.45) is 0. The van der Waals surface area contributed by atoms with Crippen molar-refractivity contribution in [2.45, 2.75) is 0 Å². The molecule has 0 spiro atoms. The molecule has 0 aliphatic carbocycles. The molecule has 2 rings (SSSR count). The Balaban J connectivity index is 1.76. The van der Waals surface area contributed by atoms with Gasteiger partial charge >= 0.3 is 0 Å². The first kappa shape index (κ1) is 14.1. The van der Waals surface area contributed by atoms with Crippen molar-refractivity contribution in [2.75, 3.05) is 33.6 Å². The van der Waals surface area contributed by atoms with E-state index < -0.39 is 0 Å². The van der Waals surface area contributed by atoms with E-state index in [1.807, 2.05) is 0 Å². The average Bonchev–Trinajstić information content (AvgIpc) is 2.91. The fourth-order valence-electron chi connectivity index (χ4n) is 1.70. The molecule has 0 saturated carbocycles. The molecule has 0 saturated heterocycles. The van der Waals surface area contributed by atoms with Crippen LogP contribution in [-0.2, 0) is 9.53 Å². The van der Waals surface area contributed by atoms with E-state index >= 15 is 0 Å². The zero-order chi connectivity index (χ0) is 14.4. The number of methoxy groups -OCH3 is 1. The molecule has 0 bridgehead atoms. The van der Waals surface area contributed by atoms with Crippen LogP contribution in [0.3, 0.4) is 0 Å². The number of rotatable bonds is 6. The lowest BCUT2D eigenvalue weighted by Gasteiger charge is -2.07. The molecule has 0 unspecified atom stereocenters. The van der Waals surface area contributed by atoms with Gasteiger partial charge in [0.25, 0.3) is 5.91 Å². The van der Waals surface area contributed by atoms with Crippen LogP contribution in [0.5, 0.6) is 11.5 Å². The molecule has 1 aromatic carbocycles. The summed E-state index contributed by atoms with van der Waals surface area (Å²) in [7, 11) is 1.45. The quantitative estimate of drug-likeness (QED) is 0.711. The van der Waals surface area contributed by atoms with E-state index in [0.29, 0.717) is 30.2 Å². The predicted octanol–water partition coefficient (Wildman–Crippen LogP) is -0.0923. The first-order chi connectivity index (χ1) is 9.70. The zero-order valence-electron chi connectivity index (χ0n) is 11.1. The van der Waals surface area contributed by atoms with Crippen molar-refractivity contribution in [3.8, 4) is 11.5 Å². The van der Waals surface area contributed by atoms with Crippen molar-refractivity contribution in [3.05, 3.63) is 23.8 Å². The number of benzene rings is 1. The minimum Gasteiger partial charge on any atom is -0.454 e. The Morgan fingerprint density at radius 3 is 2.75 bits per heavy atom. The highest BCUT2D eigenvalue weighted by Gasteiger charge is 2.15. The van der Waals surface area contributed by atoms with Crippen LogP contribution in [0, 0.1) is 0 Å². The number of hydrogen-bond donors (Lipinski definition) is 2. The summed E-state index contributed by atoms with van der Waals surface area (Å²) in [5, 5.41) is 5.31. The Hall–Kier alpha value is -2.28. The molecule has 0 radical (unpaired) electrons. The molecule has 20 heavy (non-hydrogen) atoms. The SMILES string of the molecule is COCC(=O)NCCNC(=O)c1ccc2c(c1)OCO2. The van der Waals surface area contributed by atoms with Crippen molar-refractivity contribution < 1.29 is 23.8 Å². The molecular formula is C13H16N2O5. The van der Waals surface area contributed by atoms with Crippen molar-refractivity contribution >= 4 is 11.8 Å². The molecule has 1 aliphatic heterocycles. The molecule has 0 atom stereocenters. The van der Waals surface area contributed by atoms with Gasteiger partial charge in [0.2, 0.25) is 12.7 Å². The molecular weight excluding hydrogens is 264 g/mol. The third kappa shape index (κ3) is 3.61. The van der Waals surface area contributed by atoms with Gasteiger partial charge in [-0.2, -0.15) is 0 Å². The number of carbonyl (C=O) groups excluding carboxylic acids is 2.